The van der Waals surface area contributed by atoms with Crippen LogP contribution in [0.2, 0.25) is 0 Å². The highest BCUT2D eigenvalue weighted by atomic mass is 79.9. The highest BCUT2D eigenvalue weighted by molar-refractivity contribution is 9.10. The van der Waals surface area contributed by atoms with Gasteiger partial charge in [0.05, 0.1) is 15.9 Å². The van der Waals surface area contributed by atoms with Crippen LogP contribution in [0.1, 0.15) is 29.9 Å². The number of nitrogens with one attached hydrogen (secondary N) is 1. The van der Waals surface area contributed by atoms with Crippen LogP contribution in [0.4, 0.5) is 0 Å². The Labute approximate surface area is 130 Å². The van der Waals surface area contributed by atoms with Gasteiger partial charge in [0.1, 0.15) is 0 Å². The average molecular weight is 387 g/mol. The molecule has 0 amide bonds. The van der Waals surface area contributed by atoms with E-state index in [1.165, 1.54) is 11.3 Å². The van der Waals surface area contributed by atoms with Crippen LogP contribution in [0.3, 0.4) is 0 Å². The highest BCUT2D eigenvalue weighted by Gasteiger charge is 2.12. The summed E-state index contributed by atoms with van der Waals surface area (Å²) in [5.74, 6) is 0. The van der Waals surface area contributed by atoms with Crippen LogP contribution in [0.25, 0.3) is 0 Å². The summed E-state index contributed by atoms with van der Waals surface area (Å²) in [6.07, 6.45) is 0. The predicted molar refractivity (Wildman–Crippen MR) is 85.0 cm³/mol. The van der Waals surface area contributed by atoms with E-state index in [2.05, 4.69) is 73.5 Å². The molecule has 2 rings (SSSR count). The topological polar surface area (TPSA) is 29.9 Å². The van der Waals surface area contributed by atoms with Gasteiger partial charge in [-0.3, -0.25) is 4.68 Å². The minimum atomic E-state index is 0.301. The third-order valence-corrected chi connectivity index (χ3v) is 4.77. The fourth-order valence-electron chi connectivity index (χ4n) is 1.99. The van der Waals surface area contributed by atoms with Crippen LogP contribution in [0.15, 0.2) is 33.2 Å². The zero-order valence-corrected chi connectivity index (χ0v) is 14.4. The van der Waals surface area contributed by atoms with Crippen molar-refractivity contribution in [3.8, 4) is 0 Å². The number of nitrogens with zero attached hydrogens (tertiary/aromatic N) is 2. The van der Waals surface area contributed by atoms with E-state index in [-0.39, 0.29) is 0 Å². The van der Waals surface area contributed by atoms with Crippen molar-refractivity contribution >= 4 is 31.9 Å². The van der Waals surface area contributed by atoms with Crippen LogP contribution >= 0.6 is 31.9 Å². The second kappa shape index (κ2) is 6.20. The Hall–Kier alpha value is -0.650. The van der Waals surface area contributed by atoms with Crippen LogP contribution in [0, 0.1) is 6.92 Å². The smallest absolute Gasteiger partial charge is 0.0739 e. The van der Waals surface area contributed by atoms with Gasteiger partial charge in [0.2, 0.25) is 0 Å². The van der Waals surface area contributed by atoms with Gasteiger partial charge < -0.3 is 5.32 Å². The highest BCUT2D eigenvalue weighted by Crippen LogP contribution is 2.21. The van der Waals surface area contributed by atoms with Crippen molar-refractivity contribution in [1.82, 2.24) is 15.1 Å². The normalized spacial score (nSPS) is 12.7. The fourth-order valence-corrected chi connectivity index (χ4v) is 2.73. The number of hydrogen-bond acceptors (Lipinski definition) is 2. The van der Waals surface area contributed by atoms with Gasteiger partial charge in [-0.05, 0) is 47.5 Å². The molecule has 3 nitrogen and oxygen atoms in total. The summed E-state index contributed by atoms with van der Waals surface area (Å²) in [5, 5.41) is 7.92. The molecule has 0 saturated heterocycles. The van der Waals surface area contributed by atoms with Crippen LogP contribution in [-0.4, -0.2) is 9.78 Å². The van der Waals surface area contributed by atoms with Gasteiger partial charge in [-0.2, -0.15) is 5.10 Å². The third-order valence-electron chi connectivity index (χ3n) is 3.21. The van der Waals surface area contributed by atoms with Crippen LogP contribution in [-0.2, 0) is 13.6 Å². The summed E-state index contributed by atoms with van der Waals surface area (Å²) >= 11 is 7.04. The quantitative estimate of drug-likeness (QED) is 0.856. The predicted octanol–water partition coefficient (Wildman–Crippen LogP) is 4.10. The molecule has 5 heteroatoms. The molecular formula is C14H17Br2N3. The van der Waals surface area contributed by atoms with Gasteiger partial charge in [-0.1, -0.05) is 28.1 Å². The SMILES string of the molecule is Cc1nn(C)c(CNC(C)c2ccc(Br)cc2)c1Br. The van der Waals surface area contributed by atoms with Crippen molar-refractivity contribution in [2.24, 2.45) is 7.05 Å². The summed E-state index contributed by atoms with van der Waals surface area (Å²) in [4.78, 5) is 0. The molecule has 0 radical (unpaired) electrons. The molecule has 0 bridgehead atoms. The number of aromatic nitrogens is 2. The molecule has 1 heterocycles. The third kappa shape index (κ3) is 3.46. The Morgan fingerprint density at radius 2 is 1.89 bits per heavy atom. The first-order valence-corrected chi connectivity index (χ1v) is 7.74. The first-order valence-electron chi connectivity index (χ1n) is 6.16. The number of aryl methyl sites for hydroxylation is 2. The Morgan fingerprint density at radius 3 is 2.42 bits per heavy atom. The summed E-state index contributed by atoms with van der Waals surface area (Å²) in [6.45, 7) is 4.96. The van der Waals surface area contributed by atoms with E-state index in [9.17, 15) is 0 Å². The van der Waals surface area contributed by atoms with Gasteiger partial charge in [-0.25, -0.2) is 0 Å². The van der Waals surface area contributed by atoms with Crippen molar-refractivity contribution < 1.29 is 0 Å². The van der Waals surface area contributed by atoms with E-state index in [0.29, 0.717) is 6.04 Å². The largest absolute Gasteiger partial charge is 0.305 e. The Bertz CT molecular complexity index is 561. The molecule has 0 fully saturated rings. The minimum Gasteiger partial charge on any atom is -0.305 e. The summed E-state index contributed by atoms with van der Waals surface area (Å²) in [6, 6.07) is 8.70. The van der Waals surface area contributed by atoms with Crippen molar-refractivity contribution in [3.05, 3.63) is 50.2 Å². The monoisotopic (exact) mass is 385 g/mol. The van der Waals surface area contributed by atoms with E-state index in [4.69, 9.17) is 0 Å². The standard InChI is InChI=1S/C14H17Br2N3/c1-9(11-4-6-12(15)7-5-11)17-8-13-14(16)10(2)18-19(13)3/h4-7,9,17H,8H2,1-3H3. The van der Waals surface area contributed by atoms with E-state index >= 15 is 0 Å². The molecule has 1 N–H and O–H groups in total. The Morgan fingerprint density at radius 1 is 1.26 bits per heavy atom. The van der Waals surface area contributed by atoms with Crippen molar-refractivity contribution in [1.29, 1.82) is 0 Å². The van der Waals surface area contributed by atoms with E-state index in [0.717, 1.165) is 21.2 Å². The van der Waals surface area contributed by atoms with E-state index in [1.54, 1.807) is 0 Å². The summed E-state index contributed by atoms with van der Waals surface area (Å²) < 4.78 is 4.11. The summed E-state index contributed by atoms with van der Waals surface area (Å²) in [5.41, 5.74) is 3.47. The molecule has 0 spiro atoms. The molecular weight excluding hydrogens is 370 g/mol. The fraction of sp³-hybridized carbons (Fsp3) is 0.357. The van der Waals surface area contributed by atoms with Crippen molar-refractivity contribution in [2.75, 3.05) is 0 Å². The maximum Gasteiger partial charge on any atom is 0.0739 e. The van der Waals surface area contributed by atoms with Gasteiger partial charge in [0.15, 0.2) is 0 Å². The molecule has 0 aliphatic carbocycles. The lowest BCUT2D eigenvalue weighted by atomic mass is 10.1. The maximum atomic E-state index is 4.40. The molecule has 102 valence electrons. The lowest BCUT2D eigenvalue weighted by Gasteiger charge is -2.14. The van der Waals surface area contributed by atoms with Crippen LogP contribution in [0.5, 0.6) is 0 Å². The molecule has 19 heavy (non-hydrogen) atoms. The number of halogens is 2. The van der Waals surface area contributed by atoms with Gasteiger partial charge in [-0.15, -0.1) is 0 Å². The lowest BCUT2D eigenvalue weighted by Crippen LogP contribution is -2.20. The molecule has 2 aromatic rings. The molecule has 1 aromatic carbocycles. The molecule has 1 atom stereocenters. The Kier molecular flexibility index (Phi) is 4.81. The van der Waals surface area contributed by atoms with Crippen LogP contribution < -0.4 is 5.32 Å². The second-order valence-corrected chi connectivity index (χ2v) is 6.33. The molecule has 0 aliphatic rings. The minimum absolute atomic E-state index is 0.301. The molecule has 1 aromatic heterocycles. The van der Waals surface area contributed by atoms with E-state index in [1.807, 2.05) is 18.7 Å². The number of benzene rings is 1. The van der Waals surface area contributed by atoms with Gasteiger partial charge in [0, 0.05) is 24.1 Å². The lowest BCUT2D eigenvalue weighted by molar-refractivity contribution is 0.547. The van der Waals surface area contributed by atoms with E-state index < -0.39 is 0 Å². The zero-order chi connectivity index (χ0) is 14.0. The molecule has 0 saturated carbocycles. The van der Waals surface area contributed by atoms with Crippen molar-refractivity contribution in [2.45, 2.75) is 26.4 Å². The number of rotatable bonds is 4. The van der Waals surface area contributed by atoms with Gasteiger partial charge >= 0.3 is 0 Å². The first-order chi connectivity index (χ1) is 8.99. The molecule has 0 aliphatic heterocycles. The summed E-state index contributed by atoms with van der Waals surface area (Å²) in [7, 11) is 1.97. The first kappa shape index (κ1) is 14.8. The zero-order valence-electron chi connectivity index (χ0n) is 11.2. The molecule has 1 unspecified atom stereocenters. The van der Waals surface area contributed by atoms with Crippen molar-refractivity contribution in [3.63, 3.8) is 0 Å². The second-order valence-electron chi connectivity index (χ2n) is 4.62. The van der Waals surface area contributed by atoms with Gasteiger partial charge in [0.25, 0.3) is 0 Å². The maximum absolute atomic E-state index is 4.40. The average Bonchev–Trinajstić information content (AvgIpc) is 2.62. The number of hydrogen-bond donors (Lipinski definition) is 1. The Balaban J connectivity index is 2.04.